The first-order valence-corrected chi connectivity index (χ1v) is 6.68. The van der Waals surface area contributed by atoms with Gasteiger partial charge in [0.25, 0.3) is 0 Å². The fraction of sp³-hybridized carbons (Fsp3) is 0.111. The lowest BCUT2D eigenvalue weighted by Gasteiger charge is -2.17. The summed E-state index contributed by atoms with van der Waals surface area (Å²) in [4.78, 5) is 13.0. The van der Waals surface area contributed by atoms with Crippen LogP contribution in [0.5, 0.6) is 0 Å². The molecule has 2 rings (SSSR count). The number of halogens is 3. The monoisotopic (exact) mass is 311 g/mol. The first-order valence-electron chi connectivity index (χ1n) is 4.15. The van der Waals surface area contributed by atoms with Crippen molar-refractivity contribution in [1.82, 2.24) is 0 Å². The van der Waals surface area contributed by atoms with Crippen LogP contribution in [-0.4, -0.2) is 16.0 Å². The summed E-state index contributed by atoms with van der Waals surface area (Å²) in [6, 6.07) is 3.22. The summed E-state index contributed by atoms with van der Waals surface area (Å²) in [7, 11) is 0. The van der Waals surface area contributed by atoms with Gasteiger partial charge >= 0.3 is 0 Å². The van der Waals surface area contributed by atoms with E-state index in [1.807, 2.05) is 0 Å². The van der Waals surface area contributed by atoms with Gasteiger partial charge in [-0.05, 0) is 12.1 Å². The zero-order chi connectivity index (χ0) is 11.9. The number of thiocarbonyl (C=S) groups is 1. The largest absolute Gasteiger partial charge is 0.273 e. The standard InChI is InChI=1S/C9H4Cl3NOS2/c10-4-1-2-5(8(12)7(4)11)13-6(14)3-16-9(13)15/h1-2H,3H2. The summed E-state index contributed by atoms with van der Waals surface area (Å²) in [5.41, 5.74) is 0.482. The van der Waals surface area contributed by atoms with Gasteiger partial charge in [-0.15, -0.1) is 0 Å². The fourth-order valence-corrected chi connectivity index (χ4v) is 2.97. The van der Waals surface area contributed by atoms with Crippen molar-refractivity contribution in [2.75, 3.05) is 10.7 Å². The fourth-order valence-electron chi connectivity index (χ4n) is 1.28. The third-order valence-corrected chi connectivity index (χ3v) is 4.65. The van der Waals surface area contributed by atoms with Crippen LogP contribution in [0.25, 0.3) is 0 Å². The predicted octanol–water partition coefficient (Wildman–Crippen LogP) is 4.01. The highest BCUT2D eigenvalue weighted by molar-refractivity contribution is 8.24. The molecule has 0 aliphatic carbocycles. The van der Waals surface area contributed by atoms with E-state index in [2.05, 4.69) is 0 Å². The molecule has 1 amide bonds. The Balaban J connectivity index is 2.52. The zero-order valence-electron chi connectivity index (χ0n) is 7.67. The third kappa shape index (κ3) is 2.05. The molecule has 0 aromatic heterocycles. The van der Waals surface area contributed by atoms with Crippen molar-refractivity contribution in [3.05, 3.63) is 27.2 Å². The molecule has 1 saturated heterocycles. The molecular formula is C9H4Cl3NOS2. The van der Waals surface area contributed by atoms with Crippen LogP contribution in [0.15, 0.2) is 12.1 Å². The van der Waals surface area contributed by atoms with Crippen LogP contribution in [0.3, 0.4) is 0 Å². The highest BCUT2D eigenvalue weighted by atomic mass is 35.5. The van der Waals surface area contributed by atoms with Gasteiger partial charge in [0.1, 0.15) is 4.32 Å². The van der Waals surface area contributed by atoms with Crippen LogP contribution in [0.2, 0.25) is 15.1 Å². The molecule has 1 heterocycles. The minimum Gasteiger partial charge on any atom is -0.273 e. The third-order valence-electron chi connectivity index (χ3n) is 2.01. The van der Waals surface area contributed by atoms with Crippen LogP contribution in [-0.2, 0) is 4.79 Å². The Bertz CT molecular complexity index is 476. The number of carbonyl (C=O) groups is 1. The summed E-state index contributed by atoms with van der Waals surface area (Å²) in [6.07, 6.45) is 0. The molecule has 0 N–H and O–H groups in total. The van der Waals surface area contributed by atoms with Crippen molar-refractivity contribution in [3.63, 3.8) is 0 Å². The number of hydrogen-bond acceptors (Lipinski definition) is 3. The molecule has 0 radical (unpaired) electrons. The van der Waals surface area contributed by atoms with E-state index in [9.17, 15) is 4.79 Å². The van der Waals surface area contributed by atoms with Crippen LogP contribution >= 0.6 is 58.8 Å². The quantitative estimate of drug-likeness (QED) is 0.577. The molecule has 1 fully saturated rings. The number of benzene rings is 1. The summed E-state index contributed by atoms with van der Waals surface area (Å²) >= 11 is 24.1. The van der Waals surface area contributed by atoms with Crippen molar-refractivity contribution >= 4 is 74.7 Å². The maximum absolute atomic E-state index is 11.6. The molecule has 7 heteroatoms. The normalized spacial score (nSPS) is 16.1. The summed E-state index contributed by atoms with van der Waals surface area (Å²) in [5, 5.41) is 0.821. The van der Waals surface area contributed by atoms with Gasteiger partial charge in [-0.3, -0.25) is 9.69 Å². The minimum atomic E-state index is -0.102. The van der Waals surface area contributed by atoms with E-state index in [0.717, 1.165) is 0 Å². The molecule has 0 saturated carbocycles. The summed E-state index contributed by atoms with van der Waals surface area (Å²) in [5.74, 6) is 0.227. The van der Waals surface area contributed by atoms with Gasteiger partial charge in [0.2, 0.25) is 5.91 Å². The average molecular weight is 313 g/mol. The SMILES string of the molecule is O=C1CSC(=S)N1c1ccc(Cl)c(Cl)c1Cl. The Kier molecular flexibility index (Phi) is 3.66. The number of rotatable bonds is 1. The van der Waals surface area contributed by atoms with Gasteiger partial charge in [-0.25, -0.2) is 0 Å². The van der Waals surface area contributed by atoms with Crippen molar-refractivity contribution in [3.8, 4) is 0 Å². The molecule has 1 aliphatic heterocycles. The topological polar surface area (TPSA) is 20.3 Å². The van der Waals surface area contributed by atoms with E-state index in [-0.39, 0.29) is 16.0 Å². The Morgan fingerprint density at radius 2 is 1.94 bits per heavy atom. The maximum atomic E-state index is 11.6. The zero-order valence-corrected chi connectivity index (χ0v) is 11.6. The molecular weight excluding hydrogens is 309 g/mol. The smallest absolute Gasteiger partial charge is 0.243 e. The van der Waals surface area contributed by atoms with Gasteiger partial charge in [-0.1, -0.05) is 58.8 Å². The second-order valence-electron chi connectivity index (χ2n) is 2.98. The number of anilines is 1. The number of amides is 1. The van der Waals surface area contributed by atoms with Gasteiger partial charge in [-0.2, -0.15) is 0 Å². The molecule has 1 aromatic carbocycles. The predicted molar refractivity (Wildman–Crippen MR) is 74.0 cm³/mol. The summed E-state index contributed by atoms with van der Waals surface area (Å²) in [6.45, 7) is 0. The molecule has 84 valence electrons. The lowest BCUT2D eigenvalue weighted by atomic mass is 10.3. The molecule has 0 bridgehead atoms. The van der Waals surface area contributed by atoms with Crippen molar-refractivity contribution < 1.29 is 4.79 Å². The van der Waals surface area contributed by atoms with Gasteiger partial charge < -0.3 is 0 Å². The van der Waals surface area contributed by atoms with Gasteiger partial charge in [0, 0.05) is 0 Å². The molecule has 2 nitrogen and oxygen atoms in total. The molecule has 0 atom stereocenters. The van der Waals surface area contributed by atoms with E-state index in [1.54, 1.807) is 12.1 Å². The van der Waals surface area contributed by atoms with Crippen molar-refractivity contribution in [2.24, 2.45) is 0 Å². The van der Waals surface area contributed by atoms with Crippen LogP contribution in [0, 0.1) is 0 Å². The van der Waals surface area contributed by atoms with Crippen molar-refractivity contribution in [1.29, 1.82) is 0 Å². The van der Waals surface area contributed by atoms with E-state index in [4.69, 9.17) is 47.0 Å². The molecule has 0 spiro atoms. The Morgan fingerprint density at radius 1 is 1.25 bits per heavy atom. The second kappa shape index (κ2) is 4.70. The molecule has 1 aromatic rings. The molecule has 16 heavy (non-hydrogen) atoms. The lowest BCUT2D eigenvalue weighted by molar-refractivity contribution is -0.115. The van der Waals surface area contributed by atoms with E-state index < -0.39 is 0 Å². The number of thioether (sulfide) groups is 1. The average Bonchev–Trinajstić information content (AvgIpc) is 2.57. The lowest BCUT2D eigenvalue weighted by Crippen LogP contribution is -2.28. The highest BCUT2D eigenvalue weighted by Gasteiger charge is 2.30. The van der Waals surface area contributed by atoms with Gasteiger partial charge in [0.05, 0.1) is 26.5 Å². The Labute approximate surface area is 117 Å². The minimum absolute atomic E-state index is 0.102. The van der Waals surface area contributed by atoms with Crippen LogP contribution < -0.4 is 4.90 Å². The van der Waals surface area contributed by atoms with Crippen LogP contribution in [0.1, 0.15) is 0 Å². The molecule has 1 aliphatic rings. The highest BCUT2D eigenvalue weighted by Crippen LogP contribution is 2.40. The van der Waals surface area contributed by atoms with Crippen LogP contribution in [0.4, 0.5) is 5.69 Å². The van der Waals surface area contributed by atoms with E-state index in [0.29, 0.717) is 20.8 Å². The van der Waals surface area contributed by atoms with Gasteiger partial charge in [0.15, 0.2) is 0 Å². The maximum Gasteiger partial charge on any atom is 0.243 e. The number of hydrogen-bond donors (Lipinski definition) is 0. The number of nitrogens with zero attached hydrogens (tertiary/aromatic N) is 1. The van der Waals surface area contributed by atoms with E-state index in [1.165, 1.54) is 16.7 Å². The molecule has 0 unspecified atom stereocenters. The first-order chi connectivity index (χ1) is 7.52. The van der Waals surface area contributed by atoms with Crippen molar-refractivity contribution in [2.45, 2.75) is 0 Å². The van der Waals surface area contributed by atoms with E-state index >= 15 is 0 Å². The second-order valence-corrected chi connectivity index (χ2v) is 5.75. The Hall–Kier alpha value is -0.000000000000000167. The first kappa shape index (κ1) is 12.5. The Morgan fingerprint density at radius 3 is 2.50 bits per heavy atom. The number of carbonyl (C=O) groups excluding carboxylic acids is 1. The summed E-state index contributed by atoms with van der Waals surface area (Å²) < 4.78 is 0.477.